The number of carbonyl (C=O) groups excluding carboxylic acids is 1. The molecule has 0 atom stereocenters. The molecule has 1 aromatic rings. The second-order valence-electron chi connectivity index (χ2n) is 6.38. The van der Waals surface area contributed by atoms with Crippen LogP contribution < -0.4 is 9.16 Å². The van der Waals surface area contributed by atoms with Crippen LogP contribution in [0, 0.1) is 6.92 Å². The molecule has 106 valence electrons. The molecular weight excluding hydrogens is 256 g/mol. The molecule has 0 unspecified atom stereocenters. The standard InChI is InChI=1S/C15H24O3Si/c1-11-10-13(8-9-14(11)17-12(2)16)18-19(6,7)15(3,4)5/h8-10H,1-7H3. The fourth-order valence-electron chi connectivity index (χ4n) is 1.40. The lowest BCUT2D eigenvalue weighted by molar-refractivity contribution is -0.131. The number of ether oxygens (including phenoxy) is 1. The fraction of sp³-hybridized carbons (Fsp3) is 0.533. The summed E-state index contributed by atoms with van der Waals surface area (Å²) in [6, 6.07) is 5.59. The van der Waals surface area contributed by atoms with Crippen LogP contribution in [0.2, 0.25) is 18.1 Å². The number of rotatable bonds is 3. The summed E-state index contributed by atoms with van der Waals surface area (Å²) in [5, 5.41) is 0.162. The molecule has 0 heterocycles. The maximum Gasteiger partial charge on any atom is 0.308 e. The fourth-order valence-corrected chi connectivity index (χ4v) is 2.42. The van der Waals surface area contributed by atoms with E-state index < -0.39 is 8.32 Å². The van der Waals surface area contributed by atoms with Crippen LogP contribution in [0.3, 0.4) is 0 Å². The maximum absolute atomic E-state index is 11.0. The molecule has 0 aromatic heterocycles. The number of hydrogen-bond donors (Lipinski definition) is 0. The van der Waals surface area contributed by atoms with E-state index in [2.05, 4.69) is 33.9 Å². The Morgan fingerprint density at radius 3 is 2.21 bits per heavy atom. The molecule has 0 N–H and O–H groups in total. The first-order chi connectivity index (χ1) is 8.53. The molecule has 0 aliphatic carbocycles. The SMILES string of the molecule is CC(=O)Oc1ccc(O[Si](C)(C)C(C)(C)C)cc1C. The Morgan fingerprint density at radius 1 is 1.21 bits per heavy atom. The van der Waals surface area contributed by atoms with Gasteiger partial charge in [-0.05, 0) is 48.8 Å². The van der Waals surface area contributed by atoms with E-state index in [9.17, 15) is 4.79 Å². The first-order valence-electron chi connectivity index (χ1n) is 6.51. The van der Waals surface area contributed by atoms with Crippen LogP contribution >= 0.6 is 0 Å². The Balaban J connectivity index is 2.93. The van der Waals surface area contributed by atoms with Gasteiger partial charge in [-0.2, -0.15) is 0 Å². The summed E-state index contributed by atoms with van der Waals surface area (Å²) in [6.07, 6.45) is 0. The van der Waals surface area contributed by atoms with Crippen LogP contribution in [0.25, 0.3) is 0 Å². The molecule has 19 heavy (non-hydrogen) atoms. The first kappa shape index (κ1) is 15.8. The highest BCUT2D eigenvalue weighted by Crippen LogP contribution is 2.38. The van der Waals surface area contributed by atoms with Gasteiger partial charge in [0.1, 0.15) is 11.5 Å². The molecule has 4 heteroatoms. The molecule has 0 bridgehead atoms. The van der Waals surface area contributed by atoms with Gasteiger partial charge >= 0.3 is 5.97 Å². The topological polar surface area (TPSA) is 35.5 Å². The summed E-state index contributed by atoms with van der Waals surface area (Å²) in [5.74, 6) is 1.14. The summed E-state index contributed by atoms with van der Waals surface area (Å²) in [5.41, 5.74) is 0.909. The second-order valence-corrected chi connectivity index (χ2v) is 11.1. The largest absolute Gasteiger partial charge is 0.543 e. The number of benzene rings is 1. The van der Waals surface area contributed by atoms with E-state index in [0.717, 1.165) is 11.3 Å². The van der Waals surface area contributed by atoms with Crippen molar-refractivity contribution in [1.82, 2.24) is 0 Å². The molecular formula is C15H24O3Si. The number of aryl methyl sites for hydroxylation is 1. The van der Waals surface area contributed by atoms with Gasteiger partial charge < -0.3 is 9.16 Å². The number of esters is 1. The van der Waals surface area contributed by atoms with Gasteiger partial charge in [-0.1, -0.05) is 20.8 Å². The molecule has 1 aromatic carbocycles. The van der Waals surface area contributed by atoms with Crippen LogP contribution in [0.5, 0.6) is 11.5 Å². The monoisotopic (exact) mass is 280 g/mol. The molecule has 0 spiro atoms. The highest BCUT2D eigenvalue weighted by atomic mass is 28.4. The third kappa shape index (κ3) is 4.09. The predicted molar refractivity (Wildman–Crippen MR) is 80.3 cm³/mol. The van der Waals surface area contributed by atoms with Crippen molar-refractivity contribution in [2.24, 2.45) is 0 Å². The summed E-state index contributed by atoms with van der Waals surface area (Å²) < 4.78 is 11.3. The summed E-state index contributed by atoms with van der Waals surface area (Å²) in [7, 11) is -1.83. The van der Waals surface area contributed by atoms with Crippen molar-refractivity contribution in [2.45, 2.75) is 52.8 Å². The Morgan fingerprint density at radius 2 is 1.79 bits per heavy atom. The minimum absolute atomic E-state index is 0.162. The molecule has 0 aliphatic rings. The van der Waals surface area contributed by atoms with Crippen LogP contribution in [-0.4, -0.2) is 14.3 Å². The Labute approximate surface area is 117 Å². The van der Waals surface area contributed by atoms with Gasteiger partial charge in [0, 0.05) is 6.92 Å². The minimum Gasteiger partial charge on any atom is -0.543 e. The zero-order valence-electron chi connectivity index (χ0n) is 13.0. The van der Waals surface area contributed by atoms with Crippen molar-refractivity contribution in [3.8, 4) is 11.5 Å². The maximum atomic E-state index is 11.0. The number of hydrogen-bond acceptors (Lipinski definition) is 3. The van der Waals surface area contributed by atoms with E-state index in [4.69, 9.17) is 9.16 Å². The zero-order chi connectivity index (χ0) is 14.8. The van der Waals surface area contributed by atoms with Crippen molar-refractivity contribution in [1.29, 1.82) is 0 Å². The van der Waals surface area contributed by atoms with E-state index in [0.29, 0.717) is 5.75 Å². The van der Waals surface area contributed by atoms with E-state index in [1.807, 2.05) is 19.1 Å². The van der Waals surface area contributed by atoms with Crippen molar-refractivity contribution in [3.05, 3.63) is 23.8 Å². The molecule has 0 saturated heterocycles. The zero-order valence-corrected chi connectivity index (χ0v) is 14.0. The lowest BCUT2D eigenvalue weighted by Crippen LogP contribution is -2.43. The van der Waals surface area contributed by atoms with E-state index in [-0.39, 0.29) is 11.0 Å². The smallest absolute Gasteiger partial charge is 0.308 e. The number of carbonyl (C=O) groups is 1. The van der Waals surface area contributed by atoms with Gasteiger partial charge in [0.15, 0.2) is 0 Å². The van der Waals surface area contributed by atoms with Gasteiger partial charge in [0.05, 0.1) is 0 Å². The Hall–Kier alpha value is -1.29. The third-order valence-electron chi connectivity index (χ3n) is 3.58. The van der Waals surface area contributed by atoms with Gasteiger partial charge in [0.25, 0.3) is 0 Å². The van der Waals surface area contributed by atoms with Crippen molar-refractivity contribution in [2.75, 3.05) is 0 Å². The van der Waals surface area contributed by atoms with Crippen LogP contribution in [0.15, 0.2) is 18.2 Å². The molecule has 0 fully saturated rings. The molecule has 3 nitrogen and oxygen atoms in total. The summed E-state index contributed by atoms with van der Waals surface area (Å²) in [6.45, 7) is 14.4. The van der Waals surface area contributed by atoms with E-state index in [1.54, 1.807) is 6.07 Å². The summed E-state index contributed by atoms with van der Waals surface area (Å²) >= 11 is 0. The molecule has 0 saturated carbocycles. The van der Waals surface area contributed by atoms with Gasteiger partial charge in [-0.3, -0.25) is 4.79 Å². The van der Waals surface area contributed by atoms with Crippen LogP contribution in [-0.2, 0) is 4.79 Å². The van der Waals surface area contributed by atoms with Crippen molar-refractivity contribution >= 4 is 14.3 Å². The molecule has 0 aliphatic heterocycles. The third-order valence-corrected chi connectivity index (χ3v) is 7.94. The predicted octanol–water partition coefficient (Wildman–Crippen LogP) is 4.30. The summed E-state index contributed by atoms with van der Waals surface area (Å²) in [4.78, 5) is 11.0. The molecule has 0 amide bonds. The lowest BCUT2D eigenvalue weighted by Gasteiger charge is -2.36. The first-order valence-corrected chi connectivity index (χ1v) is 9.42. The highest BCUT2D eigenvalue weighted by molar-refractivity contribution is 6.74. The van der Waals surface area contributed by atoms with E-state index >= 15 is 0 Å². The minimum atomic E-state index is -1.83. The average molecular weight is 280 g/mol. The lowest BCUT2D eigenvalue weighted by atomic mass is 10.2. The Bertz CT molecular complexity index is 473. The van der Waals surface area contributed by atoms with Crippen LogP contribution in [0.4, 0.5) is 0 Å². The van der Waals surface area contributed by atoms with Gasteiger partial charge in [-0.15, -0.1) is 0 Å². The Kier molecular flexibility index (Phi) is 4.45. The molecule has 1 rings (SSSR count). The average Bonchev–Trinajstić information content (AvgIpc) is 2.19. The van der Waals surface area contributed by atoms with Crippen molar-refractivity contribution in [3.63, 3.8) is 0 Å². The van der Waals surface area contributed by atoms with Gasteiger partial charge in [0.2, 0.25) is 8.32 Å². The second kappa shape index (κ2) is 5.37. The quantitative estimate of drug-likeness (QED) is 0.470. The van der Waals surface area contributed by atoms with E-state index in [1.165, 1.54) is 6.92 Å². The van der Waals surface area contributed by atoms with Crippen LogP contribution in [0.1, 0.15) is 33.3 Å². The molecule has 0 radical (unpaired) electrons. The van der Waals surface area contributed by atoms with Crippen molar-refractivity contribution < 1.29 is 14.0 Å². The highest BCUT2D eigenvalue weighted by Gasteiger charge is 2.38. The normalized spacial score (nSPS) is 12.2. The van der Waals surface area contributed by atoms with Gasteiger partial charge in [-0.25, -0.2) is 0 Å².